The van der Waals surface area contributed by atoms with Crippen molar-refractivity contribution in [3.8, 4) is 17.0 Å². The number of halogens is 2. The second-order valence-corrected chi connectivity index (χ2v) is 9.14. The molecule has 188 valence electrons. The van der Waals surface area contributed by atoms with Gasteiger partial charge in [-0.3, -0.25) is 9.36 Å². The van der Waals surface area contributed by atoms with Gasteiger partial charge in [0, 0.05) is 11.6 Å². The summed E-state index contributed by atoms with van der Waals surface area (Å²) >= 11 is 0. The molecule has 37 heavy (non-hydrogen) atoms. The van der Waals surface area contributed by atoms with Crippen molar-refractivity contribution in [1.82, 2.24) is 29.3 Å². The molecule has 6 rings (SSSR count). The summed E-state index contributed by atoms with van der Waals surface area (Å²) in [5, 5.41) is 5.18. The zero-order valence-electron chi connectivity index (χ0n) is 20.2. The quantitative estimate of drug-likeness (QED) is 0.378. The fourth-order valence-corrected chi connectivity index (χ4v) is 4.90. The third kappa shape index (κ3) is 3.52. The summed E-state index contributed by atoms with van der Waals surface area (Å²) in [5.41, 5.74) is 7.32. The third-order valence-corrected chi connectivity index (χ3v) is 7.03. The highest BCUT2D eigenvalue weighted by Crippen LogP contribution is 2.37. The van der Waals surface area contributed by atoms with Crippen molar-refractivity contribution in [1.29, 1.82) is 0 Å². The van der Waals surface area contributed by atoms with Crippen LogP contribution in [0.25, 0.3) is 33.2 Å². The number of hydrogen-bond acceptors (Lipinski definition) is 7. The maximum atomic E-state index is 14.7. The smallest absolute Gasteiger partial charge is 0.264 e. The number of nitrogen functional groups attached to an aromatic ring is 1. The second-order valence-electron chi connectivity index (χ2n) is 9.14. The van der Waals surface area contributed by atoms with E-state index in [1.807, 2.05) is 6.92 Å². The Hall–Kier alpha value is -4.41. The molecule has 1 aliphatic carbocycles. The van der Waals surface area contributed by atoms with Gasteiger partial charge in [-0.05, 0) is 56.5 Å². The molecule has 3 heterocycles. The van der Waals surface area contributed by atoms with E-state index >= 15 is 0 Å². The first-order chi connectivity index (χ1) is 17.9. The minimum atomic E-state index is -0.601. The van der Waals surface area contributed by atoms with Crippen LogP contribution < -0.4 is 16.0 Å². The molecule has 0 bridgehead atoms. The number of ether oxygens (including phenoxy) is 1. The first-order valence-corrected chi connectivity index (χ1v) is 11.9. The molecule has 11 heteroatoms. The van der Waals surface area contributed by atoms with E-state index in [0.29, 0.717) is 28.1 Å². The fraction of sp³-hybridized carbons (Fsp3) is 0.269. The van der Waals surface area contributed by atoms with Crippen LogP contribution in [0.15, 0.2) is 47.5 Å². The Kier molecular flexibility index (Phi) is 5.36. The summed E-state index contributed by atoms with van der Waals surface area (Å²) in [4.78, 5) is 26.8. The molecule has 5 aromatic rings. The van der Waals surface area contributed by atoms with Crippen molar-refractivity contribution in [3.63, 3.8) is 0 Å². The third-order valence-electron chi connectivity index (χ3n) is 7.03. The van der Waals surface area contributed by atoms with Crippen LogP contribution in [0.2, 0.25) is 0 Å². The number of hydrogen-bond donors (Lipinski definition) is 1. The molecular weight excluding hydrogens is 480 g/mol. The van der Waals surface area contributed by atoms with Gasteiger partial charge in [0.15, 0.2) is 17.2 Å². The van der Waals surface area contributed by atoms with Gasteiger partial charge in [-0.2, -0.15) is 5.10 Å². The summed E-state index contributed by atoms with van der Waals surface area (Å²) in [7, 11) is 1.39. The van der Waals surface area contributed by atoms with Crippen LogP contribution in [0.5, 0.6) is 5.75 Å². The highest BCUT2D eigenvalue weighted by atomic mass is 19.1. The number of rotatable bonds is 5. The zero-order valence-corrected chi connectivity index (χ0v) is 20.2. The lowest BCUT2D eigenvalue weighted by atomic mass is 9.92. The predicted octanol–water partition coefficient (Wildman–Crippen LogP) is 4.41. The average molecular weight is 504 g/mol. The van der Waals surface area contributed by atoms with Gasteiger partial charge in [-0.15, -0.1) is 0 Å². The van der Waals surface area contributed by atoms with Crippen LogP contribution in [0.4, 0.5) is 14.6 Å². The van der Waals surface area contributed by atoms with Crippen LogP contribution in [-0.2, 0) is 0 Å². The van der Waals surface area contributed by atoms with Crippen molar-refractivity contribution >= 4 is 27.8 Å². The minimum absolute atomic E-state index is 0.0309. The first kappa shape index (κ1) is 23.0. The highest BCUT2D eigenvalue weighted by molar-refractivity contribution is 5.98. The van der Waals surface area contributed by atoms with Gasteiger partial charge in [0.1, 0.15) is 40.9 Å². The summed E-state index contributed by atoms with van der Waals surface area (Å²) in [5.74, 6) is -0.442. The number of benzene rings is 2. The Balaban J connectivity index is 1.59. The van der Waals surface area contributed by atoms with Crippen molar-refractivity contribution in [3.05, 3.63) is 70.5 Å². The van der Waals surface area contributed by atoms with Gasteiger partial charge >= 0.3 is 0 Å². The van der Waals surface area contributed by atoms with Crippen LogP contribution in [0.1, 0.15) is 44.1 Å². The molecule has 0 amide bonds. The van der Waals surface area contributed by atoms with E-state index in [9.17, 15) is 13.6 Å². The van der Waals surface area contributed by atoms with E-state index in [-0.39, 0.29) is 28.5 Å². The highest BCUT2D eigenvalue weighted by Gasteiger charge is 2.30. The Bertz CT molecular complexity index is 1740. The van der Waals surface area contributed by atoms with Crippen LogP contribution >= 0.6 is 0 Å². The number of aromatic nitrogens is 6. The molecule has 1 unspecified atom stereocenters. The lowest BCUT2D eigenvalue weighted by molar-refractivity contribution is 0.288. The summed E-state index contributed by atoms with van der Waals surface area (Å²) in [6.07, 6.45) is 3.89. The molecule has 0 aliphatic heterocycles. The lowest BCUT2D eigenvalue weighted by Gasteiger charge is -2.31. The number of anilines is 1. The standard InChI is InChI=1S/C26H23F2N7O2/c1-13(24-32-18-8-4-7-16(27)20(18)26(36)34(24)15-5-3-6-15)35-25-21(23(29)30-12-31-25)22(33-35)14-9-10-19(37-2)17(28)11-14/h4,7-13,15H,3,5-6H2,1-2H3,(H2,29,30,31). The van der Waals surface area contributed by atoms with Crippen molar-refractivity contribution in [2.75, 3.05) is 12.8 Å². The van der Waals surface area contributed by atoms with Crippen molar-refractivity contribution in [2.45, 2.75) is 38.3 Å². The van der Waals surface area contributed by atoms with Gasteiger partial charge in [-0.25, -0.2) is 28.4 Å². The maximum absolute atomic E-state index is 14.7. The fourth-order valence-electron chi connectivity index (χ4n) is 4.90. The predicted molar refractivity (Wildman–Crippen MR) is 134 cm³/mol. The van der Waals surface area contributed by atoms with E-state index in [4.69, 9.17) is 20.6 Å². The number of nitrogens with two attached hydrogens (primary N) is 1. The normalized spacial score (nSPS) is 14.7. The Labute approximate surface area is 209 Å². The molecule has 2 N–H and O–H groups in total. The molecule has 0 radical (unpaired) electrons. The molecule has 2 aromatic carbocycles. The SMILES string of the molecule is COc1ccc(-c2nn(C(C)c3nc4cccc(F)c4c(=O)n3C3CCC3)c3ncnc(N)c23)cc1F. The van der Waals surface area contributed by atoms with E-state index < -0.39 is 23.2 Å². The number of methoxy groups -OCH3 is 1. The van der Waals surface area contributed by atoms with Crippen molar-refractivity contribution in [2.24, 2.45) is 0 Å². The number of nitrogens with zero attached hydrogens (tertiary/aromatic N) is 6. The molecule has 1 saturated carbocycles. The van der Waals surface area contributed by atoms with Gasteiger partial charge in [0.2, 0.25) is 0 Å². The van der Waals surface area contributed by atoms with Gasteiger partial charge < -0.3 is 10.5 Å². The topological polar surface area (TPSA) is 114 Å². The van der Waals surface area contributed by atoms with E-state index in [1.54, 1.807) is 21.4 Å². The molecule has 0 saturated heterocycles. The zero-order chi connectivity index (χ0) is 25.8. The lowest BCUT2D eigenvalue weighted by Crippen LogP contribution is -2.35. The van der Waals surface area contributed by atoms with Gasteiger partial charge in [0.25, 0.3) is 5.56 Å². The van der Waals surface area contributed by atoms with Gasteiger partial charge in [-0.1, -0.05) is 6.07 Å². The molecule has 1 atom stereocenters. The minimum Gasteiger partial charge on any atom is -0.494 e. The Morgan fingerprint density at radius 2 is 1.92 bits per heavy atom. The maximum Gasteiger partial charge on any atom is 0.264 e. The Morgan fingerprint density at radius 3 is 2.62 bits per heavy atom. The molecule has 3 aromatic heterocycles. The van der Waals surface area contributed by atoms with E-state index in [0.717, 1.165) is 19.3 Å². The van der Waals surface area contributed by atoms with E-state index in [2.05, 4.69) is 9.97 Å². The largest absolute Gasteiger partial charge is 0.494 e. The summed E-state index contributed by atoms with van der Waals surface area (Å²) in [6.45, 7) is 1.84. The van der Waals surface area contributed by atoms with Crippen LogP contribution in [0, 0.1) is 11.6 Å². The monoisotopic (exact) mass is 503 g/mol. The summed E-state index contributed by atoms with van der Waals surface area (Å²) < 4.78 is 37.5. The van der Waals surface area contributed by atoms with Crippen LogP contribution in [0.3, 0.4) is 0 Å². The molecule has 9 nitrogen and oxygen atoms in total. The molecule has 1 aliphatic rings. The average Bonchev–Trinajstić information content (AvgIpc) is 3.25. The second kappa shape index (κ2) is 8.61. The molecule has 1 fully saturated rings. The van der Waals surface area contributed by atoms with Crippen LogP contribution in [-0.4, -0.2) is 36.4 Å². The van der Waals surface area contributed by atoms with Gasteiger partial charge in [0.05, 0.1) is 18.0 Å². The van der Waals surface area contributed by atoms with E-state index in [1.165, 1.54) is 37.7 Å². The van der Waals surface area contributed by atoms with Crippen molar-refractivity contribution < 1.29 is 13.5 Å². The number of fused-ring (bicyclic) bond motifs is 2. The first-order valence-electron chi connectivity index (χ1n) is 11.9. The molecule has 0 spiro atoms. The summed E-state index contributed by atoms with van der Waals surface area (Å²) in [6, 6.07) is 8.23. The molecular formula is C26H23F2N7O2. The Morgan fingerprint density at radius 1 is 1.11 bits per heavy atom.